The van der Waals surface area contributed by atoms with E-state index in [1.807, 2.05) is 11.8 Å². The van der Waals surface area contributed by atoms with Gasteiger partial charge in [-0.2, -0.15) is 11.8 Å². The van der Waals surface area contributed by atoms with E-state index in [-0.39, 0.29) is 5.91 Å². The van der Waals surface area contributed by atoms with Gasteiger partial charge in [0.25, 0.3) is 0 Å². The van der Waals surface area contributed by atoms with E-state index in [1.165, 1.54) is 4.90 Å². The molecule has 1 N–H and O–H groups in total. The van der Waals surface area contributed by atoms with E-state index in [1.54, 1.807) is 14.0 Å². The zero-order valence-corrected chi connectivity index (χ0v) is 11.3. The number of aliphatic carboxylic acids is 1. The van der Waals surface area contributed by atoms with Gasteiger partial charge in [0.2, 0.25) is 5.91 Å². The van der Waals surface area contributed by atoms with Crippen molar-refractivity contribution >= 4 is 23.6 Å². The molecule has 1 rings (SSSR count). The normalized spacial score (nSPS) is 18.7. The van der Waals surface area contributed by atoms with E-state index in [2.05, 4.69) is 0 Å². The van der Waals surface area contributed by atoms with E-state index in [0.717, 1.165) is 24.3 Å². The van der Waals surface area contributed by atoms with Crippen molar-refractivity contribution in [1.29, 1.82) is 0 Å². The Bertz CT molecular complexity index is 277. The number of thioether (sulfide) groups is 1. The molecule has 1 heterocycles. The van der Waals surface area contributed by atoms with E-state index in [0.29, 0.717) is 18.8 Å². The van der Waals surface area contributed by atoms with Crippen LogP contribution in [0.25, 0.3) is 0 Å². The fourth-order valence-corrected chi connectivity index (χ4v) is 3.33. The second-order valence-electron chi connectivity index (χ2n) is 4.53. The van der Waals surface area contributed by atoms with Crippen molar-refractivity contribution in [2.24, 2.45) is 5.92 Å². The Labute approximate surface area is 107 Å². The van der Waals surface area contributed by atoms with Gasteiger partial charge in [0.15, 0.2) is 0 Å². The van der Waals surface area contributed by atoms with Gasteiger partial charge in [0.1, 0.15) is 6.04 Å². The molecular weight excluding hydrogens is 238 g/mol. The Morgan fingerprint density at radius 3 is 2.47 bits per heavy atom. The second-order valence-corrected chi connectivity index (χ2v) is 5.75. The third-order valence-electron chi connectivity index (χ3n) is 3.34. The van der Waals surface area contributed by atoms with Gasteiger partial charge in [-0.25, -0.2) is 4.79 Å². The van der Waals surface area contributed by atoms with Gasteiger partial charge in [-0.1, -0.05) is 6.92 Å². The van der Waals surface area contributed by atoms with Crippen molar-refractivity contribution in [1.82, 2.24) is 4.90 Å². The summed E-state index contributed by atoms with van der Waals surface area (Å²) in [7, 11) is 1.60. The van der Waals surface area contributed by atoms with E-state index in [9.17, 15) is 9.59 Å². The number of hydrogen-bond donors (Lipinski definition) is 1. The summed E-state index contributed by atoms with van der Waals surface area (Å²) in [6.07, 6.45) is 3.11. The van der Waals surface area contributed by atoms with Crippen molar-refractivity contribution in [3.63, 3.8) is 0 Å². The summed E-state index contributed by atoms with van der Waals surface area (Å²) in [4.78, 5) is 24.3. The summed E-state index contributed by atoms with van der Waals surface area (Å²) in [6.45, 7) is 1.79. The van der Waals surface area contributed by atoms with Crippen molar-refractivity contribution in [3.8, 4) is 0 Å². The Balaban J connectivity index is 2.47. The minimum absolute atomic E-state index is 0.0313. The number of nitrogens with zero attached hydrogens (tertiary/aromatic N) is 1. The molecule has 1 saturated heterocycles. The maximum Gasteiger partial charge on any atom is 0.326 e. The van der Waals surface area contributed by atoms with Crippen LogP contribution in [0.1, 0.15) is 32.6 Å². The molecule has 0 radical (unpaired) electrons. The average Bonchev–Trinajstić information content (AvgIpc) is 2.30. The molecule has 0 aliphatic carbocycles. The van der Waals surface area contributed by atoms with Crippen LogP contribution >= 0.6 is 11.8 Å². The first kappa shape index (κ1) is 14.4. The Morgan fingerprint density at radius 1 is 1.41 bits per heavy atom. The number of likely N-dealkylation sites (N-methyl/N-ethyl adjacent to an activating group) is 1. The van der Waals surface area contributed by atoms with E-state index in [4.69, 9.17) is 5.11 Å². The topological polar surface area (TPSA) is 57.6 Å². The van der Waals surface area contributed by atoms with E-state index < -0.39 is 12.0 Å². The zero-order chi connectivity index (χ0) is 12.8. The molecule has 1 fully saturated rings. The maximum absolute atomic E-state index is 12.0. The standard InChI is InChI=1S/C12H21NO3S/c1-3-10(12(15)16)13(2)11(14)8-9-4-6-17-7-5-9/h9-10H,3-8H2,1-2H3,(H,15,16). The molecule has 0 aromatic rings. The van der Waals surface area contributed by atoms with Crippen LogP contribution in [0.5, 0.6) is 0 Å². The summed E-state index contributed by atoms with van der Waals surface area (Å²) in [5.74, 6) is 1.74. The Morgan fingerprint density at radius 2 is 2.00 bits per heavy atom. The Kier molecular flexibility index (Phi) is 5.82. The van der Waals surface area contributed by atoms with Gasteiger partial charge < -0.3 is 10.0 Å². The minimum Gasteiger partial charge on any atom is -0.480 e. The molecule has 1 atom stereocenters. The molecule has 0 saturated carbocycles. The highest BCUT2D eigenvalue weighted by Gasteiger charge is 2.26. The van der Waals surface area contributed by atoms with Gasteiger partial charge in [-0.15, -0.1) is 0 Å². The molecule has 4 nitrogen and oxygen atoms in total. The average molecular weight is 259 g/mol. The zero-order valence-electron chi connectivity index (χ0n) is 10.5. The third-order valence-corrected chi connectivity index (χ3v) is 4.39. The van der Waals surface area contributed by atoms with Crippen molar-refractivity contribution < 1.29 is 14.7 Å². The molecule has 0 bridgehead atoms. The minimum atomic E-state index is -0.914. The van der Waals surface area contributed by atoms with Gasteiger partial charge in [0.05, 0.1) is 0 Å². The summed E-state index contributed by atoms with van der Waals surface area (Å²) >= 11 is 1.93. The van der Waals surface area contributed by atoms with Gasteiger partial charge >= 0.3 is 5.97 Å². The monoisotopic (exact) mass is 259 g/mol. The van der Waals surface area contributed by atoms with Crippen LogP contribution in [0.15, 0.2) is 0 Å². The smallest absolute Gasteiger partial charge is 0.326 e. The lowest BCUT2D eigenvalue weighted by Crippen LogP contribution is -2.42. The highest BCUT2D eigenvalue weighted by molar-refractivity contribution is 7.99. The van der Waals surface area contributed by atoms with Crippen LogP contribution in [0.4, 0.5) is 0 Å². The van der Waals surface area contributed by atoms with Crippen LogP contribution in [-0.2, 0) is 9.59 Å². The molecular formula is C12H21NO3S. The van der Waals surface area contributed by atoms with Crippen molar-refractivity contribution in [3.05, 3.63) is 0 Å². The lowest BCUT2D eigenvalue weighted by Gasteiger charge is -2.27. The Hall–Kier alpha value is -0.710. The van der Waals surface area contributed by atoms with Crippen molar-refractivity contribution in [2.45, 2.75) is 38.6 Å². The van der Waals surface area contributed by atoms with Gasteiger partial charge in [-0.05, 0) is 36.7 Å². The molecule has 5 heteroatoms. The molecule has 0 aromatic carbocycles. The first-order valence-electron chi connectivity index (χ1n) is 6.12. The predicted octanol–water partition coefficient (Wildman–Crippen LogP) is 1.84. The summed E-state index contributed by atoms with van der Waals surface area (Å²) < 4.78 is 0. The number of rotatable bonds is 5. The third kappa shape index (κ3) is 4.22. The molecule has 0 aromatic heterocycles. The van der Waals surface area contributed by atoms with Crippen LogP contribution in [0.3, 0.4) is 0 Å². The van der Waals surface area contributed by atoms with E-state index >= 15 is 0 Å². The lowest BCUT2D eigenvalue weighted by atomic mass is 9.98. The molecule has 1 aliphatic heterocycles. The van der Waals surface area contributed by atoms with Crippen LogP contribution in [-0.4, -0.2) is 46.5 Å². The second kappa shape index (κ2) is 6.89. The first-order valence-corrected chi connectivity index (χ1v) is 7.28. The molecule has 1 aliphatic rings. The molecule has 17 heavy (non-hydrogen) atoms. The van der Waals surface area contributed by atoms with Crippen molar-refractivity contribution in [2.75, 3.05) is 18.6 Å². The molecule has 98 valence electrons. The summed E-state index contributed by atoms with van der Waals surface area (Å²) in [6, 6.07) is -0.680. The number of carbonyl (C=O) groups excluding carboxylic acids is 1. The first-order chi connectivity index (χ1) is 8.06. The summed E-state index contributed by atoms with van der Waals surface area (Å²) in [5.41, 5.74) is 0. The lowest BCUT2D eigenvalue weighted by molar-refractivity contribution is -0.149. The fraction of sp³-hybridized carbons (Fsp3) is 0.833. The molecule has 0 spiro atoms. The number of carboxylic acid groups (broad SMARTS) is 1. The maximum atomic E-state index is 12.0. The number of carbonyl (C=O) groups is 2. The SMILES string of the molecule is CCC(C(=O)O)N(C)C(=O)CC1CCSCC1. The summed E-state index contributed by atoms with van der Waals surface area (Å²) in [5, 5.41) is 9.00. The quantitative estimate of drug-likeness (QED) is 0.818. The van der Waals surface area contributed by atoms with Crippen LogP contribution in [0.2, 0.25) is 0 Å². The van der Waals surface area contributed by atoms with Crippen LogP contribution in [0, 0.1) is 5.92 Å². The highest BCUT2D eigenvalue weighted by Crippen LogP contribution is 2.26. The molecule has 1 unspecified atom stereocenters. The van der Waals surface area contributed by atoms with Crippen LogP contribution < -0.4 is 0 Å². The molecule has 1 amide bonds. The van der Waals surface area contributed by atoms with Gasteiger partial charge in [-0.3, -0.25) is 4.79 Å². The van der Waals surface area contributed by atoms with Gasteiger partial charge in [0, 0.05) is 13.5 Å². The largest absolute Gasteiger partial charge is 0.480 e. The fourth-order valence-electron chi connectivity index (χ4n) is 2.13. The predicted molar refractivity (Wildman–Crippen MR) is 69.2 cm³/mol. The number of carboxylic acids is 1. The number of amides is 1. The highest BCUT2D eigenvalue weighted by atomic mass is 32.2. The number of hydrogen-bond acceptors (Lipinski definition) is 3.